The van der Waals surface area contributed by atoms with E-state index in [-0.39, 0.29) is 12.1 Å². The maximum atomic E-state index is 12.4. The number of esters is 1. The number of ether oxygens (including phenoxy) is 1. The van der Waals surface area contributed by atoms with Gasteiger partial charge in [-0.2, -0.15) is 0 Å². The Morgan fingerprint density at radius 2 is 1.81 bits per heavy atom. The third-order valence-corrected chi connectivity index (χ3v) is 3.92. The molecule has 0 aliphatic carbocycles. The monoisotopic (exact) mass is 291 g/mol. The maximum absolute atomic E-state index is 12.4. The number of hydrogen-bond donors (Lipinski definition) is 1. The van der Waals surface area contributed by atoms with Crippen LogP contribution in [0.2, 0.25) is 0 Å². The lowest BCUT2D eigenvalue weighted by Crippen LogP contribution is -2.33. The zero-order valence-corrected chi connectivity index (χ0v) is 13.8. The van der Waals surface area contributed by atoms with Gasteiger partial charge in [0.2, 0.25) is 0 Å². The Morgan fingerprint density at radius 3 is 2.38 bits per heavy atom. The van der Waals surface area contributed by atoms with Gasteiger partial charge in [0.25, 0.3) is 0 Å². The number of unbranched alkanes of at least 4 members (excludes halogenated alkanes) is 3. The van der Waals surface area contributed by atoms with Crippen molar-refractivity contribution in [2.45, 2.75) is 71.3 Å². The maximum Gasteiger partial charge on any atom is 0.316 e. The molecular formula is C18H29NO2. The van der Waals surface area contributed by atoms with Crippen LogP contribution in [-0.2, 0) is 14.9 Å². The van der Waals surface area contributed by atoms with E-state index in [1.165, 1.54) is 19.3 Å². The molecule has 3 nitrogen and oxygen atoms in total. The van der Waals surface area contributed by atoms with E-state index in [1.54, 1.807) is 0 Å². The summed E-state index contributed by atoms with van der Waals surface area (Å²) >= 11 is 0. The van der Waals surface area contributed by atoms with Crippen molar-refractivity contribution >= 4 is 11.7 Å². The third kappa shape index (κ3) is 5.41. The second kappa shape index (κ2) is 8.06. The lowest BCUT2D eigenvalue weighted by molar-refractivity contribution is -0.154. The van der Waals surface area contributed by atoms with Crippen LogP contribution in [0, 0.1) is 0 Å². The summed E-state index contributed by atoms with van der Waals surface area (Å²) in [6.07, 6.45) is 5.70. The summed E-state index contributed by atoms with van der Waals surface area (Å²) in [6, 6.07) is 7.42. The highest BCUT2D eigenvalue weighted by Gasteiger charge is 2.32. The van der Waals surface area contributed by atoms with Crippen LogP contribution in [-0.4, -0.2) is 12.1 Å². The second-order valence-electron chi connectivity index (χ2n) is 6.31. The Labute approximate surface area is 128 Å². The topological polar surface area (TPSA) is 52.3 Å². The smallest absolute Gasteiger partial charge is 0.316 e. The normalized spacial score (nSPS) is 13.0. The minimum atomic E-state index is -0.647. The molecule has 0 aliphatic rings. The van der Waals surface area contributed by atoms with Crippen molar-refractivity contribution in [3.63, 3.8) is 0 Å². The van der Waals surface area contributed by atoms with Crippen molar-refractivity contribution in [2.75, 3.05) is 5.73 Å². The van der Waals surface area contributed by atoms with Crippen LogP contribution in [0.3, 0.4) is 0 Å². The summed E-state index contributed by atoms with van der Waals surface area (Å²) in [5, 5.41) is 0. The SMILES string of the molecule is CCCCCCC(C)OC(=O)C(C)(C)c1ccc(N)cc1. The van der Waals surface area contributed by atoms with Crippen molar-refractivity contribution in [1.82, 2.24) is 0 Å². The molecule has 1 aromatic rings. The largest absolute Gasteiger partial charge is 0.462 e. The quantitative estimate of drug-likeness (QED) is 0.437. The summed E-state index contributed by atoms with van der Waals surface area (Å²) in [5.41, 5.74) is 6.67. The van der Waals surface area contributed by atoms with Crippen LogP contribution in [0.25, 0.3) is 0 Å². The van der Waals surface area contributed by atoms with Gasteiger partial charge in [-0.3, -0.25) is 4.79 Å². The number of nitrogens with two attached hydrogens (primary N) is 1. The van der Waals surface area contributed by atoms with Gasteiger partial charge in [-0.05, 0) is 51.3 Å². The Balaban J connectivity index is 2.54. The Kier molecular flexibility index (Phi) is 6.73. The fourth-order valence-electron chi connectivity index (χ4n) is 2.27. The van der Waals surface area contributed by atoms with Gasteiger partial charge in [-0.1, -0.05) is 38.3 Å². The molecule has 0 aliphatic heterocycles. The Hall–Kier alpha value is -1.51. The molecular weight excluding hydrogens is 262 g/mol. The summed E-state index contributed by atoms with van der Waals surface area (Å²) in [4.78, 5) is 12.4. The first kappa shape index (κ1) is 17.5. The summed E-state index contributed by atoms with van der Waals surface area (Å²) in [6.45, 7) is 7.96. The predicted octanol–water partition coefficient (Wildman–Crippen LogP) is 4.45. The van der Waals surface area contributed by atoms with E-state index in [9.17, 15) is 4.79 Å². The summed E-state index contributed by atoms with van der Waals surface area (Å²) in [7, 11) is 0. The highest BCUT2D eigenvalue weighted by Crippen LogP contribution is 2.26. The van der Waals surface area contributed by atoms with Crippen molar-refractivity contribution in [2.24, 2.45) is 0 Å². The molecule has 1 unspecified atom stereocenters. The molecule has 0 aromatic heterocycles. The van der Waals surface area contributed by atoms with Crippen LogP contribution in [0.15, 0.2) is 24.3 Å². The zero-order valence-electron chi connectivity index (χ0n) is 13.8. The fourth-order valence-corrected chi connectivity index (χ4v) is 2.27. The Morgan fingerprint density at radius 1 is 1.19 bits per heavy atom. The molecule has 0 fully saturated rings. The van der Waals surface area contributed by atoms with Crippen LogP contribution in [0.5, 0.6) is 0 Å². The molecule has 0 bridgehead atoms. The van der Waals surface area contributed by atoms with Gasteiger partial charge < -0.3 is 10.5 Å². The summed E-state index contributed by atoms with van der Waals surface area (Å²) in [5.74, 6) is -0.171. The van der Waals surface area contributed by atoms with Crippen LogP contribution in [0.4, 0.5) is 5.69 Å². The van der Waals surface area contributed by atoms with Gasteiger partial charge in [0.15, 0.2) is 0 Å². The highest BCUT2D eigenvalue weighted by molar-refractivity contribution is 5.82. The number of hydrogen-bond acceptors (Lipinski definition) is 3. The van der Waals surface area contributed by atoms with Crippen LogP contribution >= 0.6 is 0 Å². The first-order chi connectivity index (χ1) is 9.87. The van der Waals surface area contributed by atoms with Crippen molar-refractivity contribution in [3.05, 3.63) is 29.8 Å². The van der Waals surface area contributed by atoms with E-state index < -0.39 is 5.41 Å². The van der Waals surface area contributed by atoms with Crippen molar-refractivity contribution in [1.29, 1.82) is 0 Å². The molecule has 0 heterocycles. The van der Waals surface area contributed by atoms with E-state index in [0.29, 0.717) is 5.69 Å². The average Bonchev–Trinajstić information content (AvgIpc) is 2.44. The van der Waals surface area contributed by atoms with E-state index in [4.69, 9.17) is 10.5 Å². The minimum Gasteiger partial charge on any atom is -0.462 e. The molecule has 1 aromatic carbocycles. The van der Waals surface area contributed by atoms with E-state index in [2.05, 4.69) is 6.92 Å². The average molecular weight is 291 g/mol. The lowest BCUT2D eigenvalue weighted by Gasteiger charge is -2.25. The minimum absolute atomic E-state index is 0.0255. The first-order valence-corrected chi connectivity index (χ1v) is 7.95. The highest BCUT2D eigenvalue weighted by atomic mass is 16.5. The molecule has 1 rings (SSSR count). The van der Waals surface area contributed by atoms with Crippen LogP contribution in [0.1, 0.15) is 65.4 Å². The summed E-state index contributed by atoms with van der Waals surface area (Å²) < 4.78 is 5.61. The number of rotatable bonds is 8. The molecule has 0 saturated heterocycles. The number of nitrogen functional groups attached to an aromatic ring is 1. The number of carbonyl (C=O) groups excluding carboxylic acids is 1. The third-order valence-electron chi connectivity index (χ3n) is 3.92. The molecule has 3 heteroatoms. The van der Waals surface area contributed by atoms with Gasteiger partial charge in [0.05, 0.1) is 11.5 Å². The van der Waals surface area contributed by atoms with Gasteiger partial charge >= 0.3 is 5.97 Å². The van der Waals surface area contributed by atoms with Gasteiger partial charge in [-0.25, -0.2) is 0 Å². The van der Waals surface area contributed by atoms with Gasteiger partial charge in [0, 0.05) is 5.69 Å². The molecule has 0 radical (unpaired) electrons. The van der Waals surface area contributed by atoms with Gasteiger partial charge in [-0.15, -0.1) is 0 Å². The number of benzene rings is 1. The fraction of sp³-hybridized carbons (Fsp3) is 0.611. The molecule has 21 heavy (non-hydrogen) atoms. The number of carbonyl (C=O) groups is 1. The molecule has 0 saturated carbocycles. The molecule has 0 spiro atoms. The van der Waals surface area contributed by atoms with Gasteiger partial charge in [0.1, 0.15) is 0 Å². The van der Waals surface area contributed by atoms with Crippen LogP contribution < -0.4 is 5.73 Å². The second-order valence-corrected chi connectivity index (χ2v) is 6.31. The lowest BCUT2D eigenvalue weighted by atomic mass is 9.84. The van der Waals surface area contributed by atoms with E-state index in [0.717, 1.165) is 18.4 Å². The number of anilines is 1. The van der Waals surface area contributed by atoms with E-state index in [1.807, 2.05) is 45.0 Å². The molecule has 0 amide bonds. The first-order valence-electron chi connectivity index (χ1n) is 7.95. The van der Waals surface area contributed by atoms with Crippen molar-refractivity contribution < 1.29 is 9.53 Å². The molecule has 2 N–H and O–H groups in total. The van der Waals surface area contributed by atoms with Crippen molar-refractivity contribution in [3.8, 4) is 0 Å². The standard InChI is InChI=1S/C18H29NO2/c1-5-6-7-8-9-14(2)21-17(20)18(3,4)15-10-12-16(19)13-11-15/h10-14H,5-9,19H2,1-4H3. The molecule has 118 valence electrons. The molecule has 1 atom stereocenters. The van der Waals surface area contributed by atoms with E-state index >= 15 is 0 Å². The predicted molar refractivity (Wildman–Crippen MR) is 88.2 cm³/mol. The zero-order chi connectivity index (χ0) is 15.9. The Bertz CT molecular complexity index is 437.